The van der Waals surface area contributed by atoms with E-state index in [2.05, 4.69) is 28.2 Å². The van der Waals surface area contributed by atoms with Gasteiger partial charge < -0.3 is 9.97 Å². The van der Waals surface area contributed by atoms with Crippen LogP contribution >= 0.6 is 0 Å². The Morgan fingerprint density at radius 3 is 2.35 bits per heavy atom. The van der Waals surface area contributed by atoms with Crippen molar-refractivity contribution in [2.45, 2.75) is 0 Å². The fraction of sp³-hybridized carbons (Fsp3) is 0. The molecule has 31 heavy (non-hydrogen) atoms. The molecule has 0 saturated carbocycles. The van der Waals surface area contributed by atoms with E-state index >= 15 is 0 Å². The van der Waals surface area contributed by atoms with Crippen LogP contribution in [0, 0.1) is 11.9 Å². The first-order chi connectivity index (χ1) is 14.7. The summed E-state index contributed by atoms with van der Waals surface area (Å²) in [5, 5.41) is 2.39. The maximum absolute atomic E-state index is 12.6. The monoisotopic (exact) mass is 585 g/mol. The van der Waals surface area contributed by atoms with E-state index < -0.39 is 0 Å². The van der Waals surface area contributed by atoms with Crippen LogP contribution < -0.4 is 4.98 Å². The summed E-state index contributed by atoms with van der Waals surface area (Å²) in [6.07, 6.45) is 3.40. The van der Waals surface area contributed by atoms with E-state index in [1.54, 1.807) is 18.3 Å². The number of carbonyl (C=O) groups excluding carboxylic acids is 1. The van der Waals surface area contributed by atoms with Crippen LogP contribution in [-0.4, -0.2) is 10.8 Å². The Bertz CT molecular complexity index is 1250. The SMILES string of the molecule is O=C(c1ccc(F)cc1)c1ccc[n-]1.[Ir].[c-]1ccccc1-c1nccc2ccccc12. The number of nitrogens with zero attached hydrogens (tertiary/aromatic N) is 2. The minimum atomic E-state index is -0.350. The summed E-state index contributed by atoms with van der Waals surface area (Å²) in [7, 11) is 0. The van der Waals surface area contributed by atoms with E-state index in [1.807, 2.05) is 48.7 Å². The van der Waals surface area contributed by atoms with Gasteiger partial charge in [-0.25, -0.2) is 4.39 Å². The molecule has 3 aromatic carbocycles. The third-order valence-electron chi connectivity index (χ3n) is 4.53. The predicted octanol–water partition coefficient (Wildman–Crippen LogP) is 5.71. The first kappa shape index (κ1) is 22.3. The topological polar surface area (TPSA) is 44.1 Å². The van der Waals surface area contributed by atoms with Crippen molar-refractivity contribution in [2.75, 3.05) is 0 Å². The van der Waals surface area contributed by atoms with Gasteiger partial charge in [0.25, 0.3) is 0 Å². The average Bonchev–Trinajstić information content (AvgIpc) is 3.35. The molecule has 0 spiro atoms. The quantitative estimate of drug-likeness (QED) is 0.202. The molecule has 0 atom stereocenters. The first-order valence-electron chi connectivity index (χ1n) is 9.41. The molecule has 0 saturated heterocycles. The van der Waals surface area contributed by atoms with Crippen molar-refractivity contribution in [1.29, 1.82) is 0 Å². The van der Waals surface area contributed by atoms with Crippen LogP contribution in [0.3, 0.4) is 0 Å². The minimum Gasteiger partial charge on any atom is -0.661 e. The molecule has 155 valence electrons. The molecular weight excluding hydrogens is 568 g/mol. The molecule has 0 unspecified atom stereocenters. The first-order valence-corrected chi connectivity index (χ1v) is 9.41. The second kappa shape index (κ2) is 10.6. The summed E-state index contributed by atoms with van der Waals surface area (Å²) >= 11 is 0. The van der Waals surface area contributed by atoms with E-state index in [9.17, 15) is 9.18 Å². The number of pyridine rings is 1. The van der Waals surface area contributed by atoms with Crippen molar-refractivity contribution >= 4 is 16.6 Å². The molecule has 0 bridgehead atoms. The largest absolute Gasteiger partial charge is 0.661 e. The molecule has 5 aromatic rings. The minimum absolute atomic E-state index is 0. The van der Waals surface area contributed by atoms with Crippen LogP contribution in [0.5, 0.6) is 0 Å². The Balaban J connectivity index is 0.000000172. The van der Waals surface area contributed by atoms with E-state index in [0.29, 0.717) is 11.3 Å². The van der Waals surface area contributed by atoms with Gasteiger partial charge in [-0.3, -0.25) is 4.79 Å². The zero-order valence-electron chi connectivity index (χ0n) is 16.3. The third-order valence-corrected chi connectivity index (χ3v) is 4.53. The number of carbonyl (C=O) groups is 1. The fourth-order valence-electron chi connectivity index (χ4n) is 3.06. The third kappa shape index (κ3) is 5.40. The normalized spacial score (nSPS) is 9.97. The Kier molecular flexibility index (Phi) is 7.60. The van der Waals surface area contributed by atoms with Gasteiger partial charge in [-0.15, -0.1) is 35.9 Å². The molecule has 0 aliphatic rings. The zero-order chi connectivity index (χ0) is 20.8. The predicted molar refractivity (Wildman–Crippen MR) is 116 cm³/mol. The van der Waals surface area contributed by atoms with Crippen molar-refractivity contribution in [3.05, 3.63) is 127 Å². The van der Waals surface area contributed by atoms with E-state index in [0.717, 1.165) is 11.3 Å². The van der Waals surface area contributed by atoms with Gasteiger partial charge in [0.15, 0.2) is 5.78 Å². The smallest absolute Gasteiger partial charge is 0.171 e. The van der Waals surface area contributed by atoms with Gasteiger partial charge in [0, 0.05) is 31.9 Å². The fourth-order valence-corrected chi connectivity index (χ4v) is 3.06. The summed E-state index contributed by atoms with van der Waals surface area (Å²) in [4.78, 5) is 20.0. The van der Waals surface area contributed by atoms with Crippen molar-refractivity contribution in [1.82, 2.24) is 9.97 Å². The van der Waals surface area contributed by atoms with Crippen molar-refractivity contribution in [3.63, 3.8) is 0 Å². The number of hydrogen-bond donors (Lipinski definition) is 0. The van der Waals surface area contributed by atoms with E-state index in [4.69, 9.17) is 0 Å². The van der Waals surface area contributed by atoms with Crippen LogP contribution in [0.4, 0.5) is 4.39 Å². The van der Waals surface area contributed by atoms with Crippen molar-refractivity contribution < 1.29 is 29.3 Å². The Hall–Kier alpha value is -3.40. The Morgan fingerprint density at radius 1 is 0.871 bits per heavy atom. The number of rotatable bonds is 3. The number of hydrogen-bond acceptors (Lipinski definition) is 2. The van der Waals surface area contributed by atoms with Crippen molar-refractivity contribution in [2.24, 2.45) is 0 Å². The molecule has 2 aromatic heterocycles. The summed E-state index contributed by atoms with van der Waals surface area (Å²) in [5.74, 6) is -0.535. The molecular formula is C26H17FIrN2O-2. The van der Waals surface area contributed by atoms with Crippen LogP contribution in [0.25, 0.3) is 22.0 Å². The van der Waals surface area contributed by atoms with Gasteiger partial charge in [0.05, 0.1) is 0 Å². The molecule has 0 fully saturated rings. The molecule has 0 amide bonds. The number of ketones is 1. The van der Waals surface area contributed by atoms with Gasteiger partial charge in [0.1, 0.15) is 5.82 Å². The van der Waals surface area contributed by atoms with Crippen LogP contribution in [-0.2, 0) is 20.1 Å². The maximum atomic E-state index is 12.6. The van der Waals surface area contributed by atoms with Gasteiger partial charge >= 0.3 is 0 Å². The molecule has 2 heterocycles. The van der Waals surface area contributed by atoms with Gasteiger partial charge in [0.2, 0.25) is 0 Å². The molecule has 5 heteroatoms. The number of benzene rings is 3. The summed E-state index contributed by atoms with van der Waals surface area (Å²) in [6.45, 7) is 0. The van der Waals surface area contributed by atoms with Crippen LogP contribution in [0.2, 0.25) is 0 Å². The second-order valence-corrected chi connectivity index (χ2v) is 6.52. The number of halogens is 1. The molecule has 0 N–H and O–H groups in total. The molecule has 0 aliphatic carbocycles. The maximum Gasteiger partial charge on any atom is 0.171 e. The summed E-state index contributed by atoms with van der Waals surface area (Å²) in [5.41, 5.74) is 2.87. The molecule has 1 radical (unpaired) electrons. The van der Waals surface area contributed by atoms with E-state index in [1.165, 1.54) is 35.0 Å². The Morgan fingerprint density at radius 2 is 1.65 bits per heavy atom. The zero-order valence-corrected chi connectivity index (χ0v) is 18.7. The molecule has 5 rings (SSSR count). The van der Waals surface area contributed by atoms with Crippen molar-refractivity contribution in [3.8, 4) is 11.3 Å². The molecule has 3 nitrogen and oxygen atoms in total. The van der Waals surface area contributed by atoms with E-state index in [-0.39, 0.29) is 31.7 Å². The standard InChI is InChI=1S/C15H10N.C11H8FNO.Ir/c1-2-7-13(8-3-1)15-14-9-5-4-6-12(14)10-11-16-15;12-9-5-3-8(4-6-9)11(14)10-2-1-7-13-10;/h1-7,9-11H;1-7H,(H,13,14);/q-1;;/p-1. The number of aromatic nitrogens is 2. The van der Waals surface area contributed by atoms with Gasteiger partial charge in [-0.05, 0) is 46.8 Å². The number of fused-ring (bicyclic) bond motifs is 1. The summed E-state index contributed by atoms with van der Waals surface area (Å²) in [6, 6.07) is 30.2. The van der Waals surface area contributed by atoms with Crippen LogP contribution in [0.15, 0.2) is 103 Å². The average molecular weight is 585 g/mol. The summed E-state index contributed by atoms with van der Waals surface area (Å²) < 4.78 is 12.6. The molecule has 0 aliphatic heterocycles. The Labute approximate surface area is 193 Å². The second-order valence-electron chi connectivity index (χ2n) is 6.52. The van der Waals surface area contributed by atoms with Crippen LogP contribution in [0.1, 0.15) is 16.1 Å². The van der Waals surface area contributed by atoms with Gasteiger partial charge in [-0.2, -0.15) is 6.20 Å². The van der Waals surface area contributed by atoms with Gasteiger partial charge in [-0.1, -0.05) is 42.1 Å².